The Bertz CT molecular complexity index is 960. The lowest BCUT2D eigenvalue weighted by atomic mass is 9.94. The molecule has 0 saturated carbocycles. The van der Waals surface area contributed by atoms with E-state index in [1.165, 1.54) is 22.5 Å². The minimum absolute atomic E-state index is 0.0157. The third kappa shape index (κ3) is 3.34. The van der Waals surface area contributed by atoms with Gasteiger partial charge in [-0.05, 0) is 18.2 Å². The van der Waals surface area contributed by atoms with E-state index in [0.717, 1.165) is 0 Å². The molecule has 0 aliphatic carbocycles. The molecule has 0 spiro atoms. The van der Waals surface area contributed by atoms with Crippen LogP contribution in [0.2, 0.25) is 0 Å². The number of nitrogens with one attached hydrogen (secondary N) is 1. The predicted molar refractivity (Wildman–Crippen MR) is 91.6 cm³/mol. The van der Waals surface area contributed by atoms with Gasteiger partial charge >= 0.3 is 5.76 Å². The van der Waals surface area contributed by atoms with Crippen molar-refractivity contribution >= 4 is 27.0 Å². The first-order valence-corrected chi connectivity index (χ1v) is 9.45. The number of amides is 1. The van der Waals surface area contributed by atoms with Gasteiger partial charge in [-0.3, -0.25) is 9.78 Å². The van der Waals surface area contributed by atoms with Gasteiger partial charge < -0.3 is 9.32 Å². The summed E-state index contributed by atoms with van der Waals surface area (Å²) in [6.45, 7) is 6.74. The van der Waals surface area contributed by atoms with Crippen LogP contribution in [0.5, 0.6) is 0 Å². The monoisotopic (exact) mass is 367 g/mol. The van der Waals surface area contributed by atoms with E-state index in [4.69, 9.17) is 4.42 Å². The van der Waals surface area contributed by atoms with Crippen molar-refractivity contribution in [2.75, 3.05) is 26.2 Å². The molecule has 2 aromatic rings. The van der Waals surface area contributed by atoms with E-state index in [9.17, 15) is 18.0 Å². The normalized spacial score (nSPS) is 17.2. The summed E-state index contributed by atoms with van der Waals surface area (Å²) >= 11 is 0. The molecule has 1 fully saturated rings. The van der Waals surface area contributed by atoms with Crippen LogP contribution >= 0.6 is 0 Å². The molecule has 1 saturated heterocycles. The fraction of sp³-hybridized carbons (Fsp3) is 0.500. The van der Waals surface area contributed by atoms with Crippen molar-refractivity contribution in [2.24, 2.45) is 5.41 Å². The van der Waals surface area contributed by atoms with Gasteiger partial charge in [0, 0.05) is 31.6 Å². The number of carbonyl (C=O) groups is 1. The average molecular weight is 367 g/mol. The van der Waals surface area contributed by atoms with Crippen molar-refractivity contribution in [3.8, 4) is 0 Å². The lowest BCUT2D eigenvalue weighted by Gasteiger charge is -2.37. The highest BCUT2D eigenvalue weighted by atomic mass is 32.2. The van der Waals surface area contributed by atoms with Gasteiger partial charge in [-0.15, -0.1) is 0 Å². The first-order chi connectivity index (χ1) is 11.6. The van der Waals surface area contributed by atoms with Gasteiger partial charge in [0.05, 0.1) is 10.4 Å². The molecule has 136 valence electrons. The number of hydrogen-bond acceptors (Lipinski definition) is 5. The van der Waals surface area contributed by atoms with Crippen LogP contribution in [-0.2, 0) is 14.8 Å². The topological polar surface area (TPSA) is 104 Å². The van der Waals surface area contributed by atoms with Crippen molar-refractivity contribution in [3.63, 3.8) is 0 Å². The van der Waals surface area contributed by atoms with Crippen LogP contribution in [0.3, 0.4) is 0 Å². The van der Waals surface area contributed by atoms with Gasteiger partial charge in [0.2, 0.25) is 15.9 Å². The maximum absolute atomic E-state index is 12.8. The number of piperazine rings is 1. The number of carbonyl (C=O) groups excluding carboxylic acids is 1. The Kier molecular flexibility index (Phi) is 4.24. The molecule has 3 rings (SSSR count). The highest BCUT2D eigenvalue weighted by molar-refractivity contribution is 7.89. The first kappa shape index (κ1) is 17.7. The number of hydrogen-bond donors (Lipinski definition) is 1. The standard InChI is InChI=1S/C16H21N3O5S/c1-16(2,3)14(20)18-6-8-19(9-7-18)25(22,23)11-4-5-13-12(10-11)17-15(21)24-13/h4-5,10H,6-9H2,1-3H3,(H,17,21). The molecule has 0 bridgehead atoms. The van der Waals surface area contributed by atoms with Crippen molar-refractivity contribution < 1.29 is 17.6 Å². The fourth-order valence-electron chi connectivity index (χ4n) is 2.85. The van der Waals surface area contributed by atoms with Crippen molar-refractivity contribution in [2.45, 2.75) is 25.7 Å². The molecular formula is C16H21N3O5S. The number of H-pyrrole nitrogens is 1. The van der Waals surface area contributed by atoms with Crippen LogP contribution in [0, 0.1) is 5.41 Å². The van der Waals surface area contributed by atoms with Gasteiger partial charge in [0.1, 0.15) is 0 Å². The van der Waals surface area contributed by atoms with Crippen LogP contribution in [0.15, 0.2) is 32.3 Å². The van der Waals surface area contributed by atoms with Crippen molar-refractivity contribution in [3.05, 3.63) is 28.7 Å². The molecule has 0 unspecified atom stereocenters. The zero-order chi connectivity index (χ0) is 18.4. The molecule has 0 atom stereocenters. The fourth-order valence-corrected chi connectivity index (χ4v) is 4.30. The number of fused-ring (bicyclic) bond motifs is 1. The second-order valence-corrected chi connectivity index (χ2v) is 9.06. The molecule has 1 aromatic heterocycles. The largest absolute Gasteiger partial charge is 0.417 e. The van der Waals surface area contributed by atoms with E-state index in [1.54, 1.807) is 4.90 Å². The predicted octanol–water partition coefficient (Wildman–Crippen LogP) is 1.00. The molecule has 8 nitrogen and oxygen atoms in total. The SMILES string of the molecule is CC(C)(C)C(=O)N1CCN(S(=O)(=O)c2ccc3oc(=O)[nH]c3c2)CC1. The van der Waals surface area contributed by atoms with Crippen LogP contribution in [0.25, 0.3) is 11.1 Å². The molecule has 1 aromatic carbocycles. The molecule has 0 radical (unpaired) electrons. The zero-order valence-corrected chi connectivity index (χ0v) is 15.2. The number of aromatic nitrogens is 1. The van der Waals surface area contributed by atoms with Crippen LogP contribution in [-0.4, -0.2) is 54.7 Å². The average Bonchev–Trinajstić information content (AvgIpc) is 2.92. The van der Waals surface area contributed by atoms with E-state index in [1.807, 2.05) is 20.8 Å². The summed E-state index contributed by atoms with van der Waals surface area (Å²) in [5.41, 5.74) is 0.163. The number of benzene rings is 1. The second kappa shape index (κ2) is 5.99. The molecular weight excluding hydrogens is 346 g/mol. The minimum atomic E-state index is -3.70. The Labute approximate surface area is 145 Å². The summed E-state index contributed by atoms with van der Waals surface area (Å²) in [6.07, 6.45) is 0. The highest BCUT2D eigenvalue weighted by Crippen LogP contribution is 2.23. The Balaban J connectivity index is 1.79. The third-order valence-electron chi connectivity index (χ3n) is 4.20. The number of oxazole rings is 1. The third-order valence-corrected chi connectivity index (χ3v) is 6.09. The van der Waals surface area contributed by atoms with E-state index in [0.29, 0.717) is 24.2 Å². The maximum Gasteiger partial charge on any atom is 0.417 e. The Morgan fingerprint density at radius 3 is 2.40 bits per heavy atom. The van der Waals surface area contributed by atoms with E-state index >= 15 is 0 Å². The lowest BCUT2D eigenvalue weighted by Crippen LogP contribution is -2.52. The second-order valence-electron chi connectivity index (χ2n) is 7.12. The van der Waals surface area contributed by atoms with Gasteiger partial charge in [-0.25, -0.2) is 13.2 Å². The summed E-state index contributed by atoms with van der Waals surface area (Å²) in [6, 6.07) is 4.27. The van der Waals surface area contributed by atoms with E-state index in [2.05, 4.69) is 4.98 Å². The summed E-state index contributed by atoms with van der Waals surface area (Å²) in [5.74, 6) is -0.610. The minimum Gasteiger partial charge on any atom is -0.408 e. The molecule has 1 N–H and O–H groups in total. The van der Waals surface area contributed by atoms with Crippen LogP contribution < -0.4 is 5.76 Å². The van der Waals surface area contributed by atoms with E-state index < -0.39 is 21.2 Å². The molecule has 1 aliphatic rings. The molecule has 1 aliphatic heterocycles. The lowest BCUT2D eigenvalue weighted by molar-refractivity contribution is -0.140. The summed E-state index contributed by atoms with van der Waals surface area (Å²) < 4.78 is 31.9. The number of aromatic amines is 1. The number of nitrogens with zero attached hydrogens (tertiary/aromatic N) is 2. The van der Waals surface area contributed by atoms with Crippen LogP contribution in [0.4, 0.5) is 0 Å². The van der Waals surface area contributed by atoms with E-state index in [-0.39, 0.29) is 23.9 Å². The zero-order valence-electron chi connectivity index (χ0n) is 14.4. The maximum atomic E-state index is 12.8. The van der Waals surface area contributed by atoms with Crippen molar-refractivity contribution in [1.82, 2.24) is 14.2 Å². The number of sulfonamides is 1. The Morgan fingerprint density at radius 1 is 1.16 bits per heavy atom. The first-order valence-electron chi connectivity index (χ1n) is 8.01. The smallest absolute Gasteiger partial charge is 0.408 e. The molecule has 2 heterocycles. The van der Waals surface area contributed by atoms with Gasteiger partial charge in [0.15, 0.2) is 5.58 Å². The number of rotatable bonds is 2. The molecule has 1 amide bonds. The van der Waals surface area contributed by atoms with Gasteiger partial charge in [0.25, 0.3) is 0 Å². The summed E-state index contributed by atoms with van der Waals surface area (Å²) in [7, 11) is -3.70. The quantitative estimate of drug-likeness (QED) is 0.853. The Morgan fingerprint density at radius 2 is 1.80 bits per heavy atom. The highest BCUT2D eigenvalue weighted by Gasteiger charge is 2.33. The van der Waals surface area contributed by atoms with Crippen LogP contribution in [0.1, 0.15) is 20.8 Å². The van der Waals surface area contributed by atoms with Crippen molar-refractivity contribution in [1.29, 1.82) is 0 Å². The molecule has 9 heteroatoms. The van der Waals surface area contributed by atoms with Gasteiger partial charge in [-0.1, -0.05) is 20.8 Å². The van der Waals surface area contributed by atoms with Gasteiger partial charge in [-0.2, -0.15) is 4.31 Å². The summed E-state index contributed by atoms with van der Waals surface area (Å²) in [5, 5.41) is 0. The summed E-state index contributed by atoms with van der Waals surface area (Å²) in [4.78, 5) is 27.8. The Hall–Kier alpha value is -2.13. The molecule has 25 heavy (non-hydrogen) atoms.